The molecule has 0 amide bonds. The summed E-state index contributed by atoms with van der Waals surface area (Å²) in [6, 6.07) is 4.58. The van der Waals surface area contributed by atoms with E-state index in [1.165, 1.54) is 6.33 Å². The van der Waals surface area contributed by atoms with Gasteiger partial charge in [0, 0.05) is 29.7 Å². The fraction of sp³-hybridized carbons (Fsp3) is 0.467. The molecular formula is C15H21BrN4O. The van der Waals surface area contributed by atoms with E-state index in [9.17, 15) is 0 Å². The Bertz CT molecular complexity index is 610. The summed E-state index contributed by atoms with van der Waals surface area (Å²) in [5, 5.41) is 7.48. The summed E-state index contributed by atoms with van der Waals surface area (Å²) >= 11 is 3.55. The standard InChI is InChI=1S/C15H21BrN4O/c1-10(2)17-7-12-6-13(16)5-11(3)15(12)21-8-14-18-9-19-20(14)4/h5-6,9-10,17H,7-8H2,1-4H3. The van der Waals surface area contributed by atoms with E-state index >= 15 is 0 Å². The minimum atomic E-state index is 0.410. The van der Waals surface area contributed by atoms with E-state index in [1.54, 1.807) is 4.68 Å². The van der Waals surface area contributed by atoms with Crippen molar-refractivity contribution in [1.82, 2.24) is 20.1 Å². The molecule has 1 aromatic heterocycles. The molecule has 2 aromatic rings. The quantitative estimate of drug-likeness (QED) is 0.868. The zero-order valence-corrected chi connectivity index (χ0v) is 14.4. The summed E-state index contributed by atoms with van der Waals surface area (Å²) in [7, 11) is 1.86. The van der Waals surface area contributed by atoms with Gasteiger partial charge in [0.05, 0.1) is 0 Å². The second-order valence-corrected chi connectivity index (χ2v) is 6.25. The van der Waals surface area contributed by atoms with Gasteiger partial charge >= 0.3 is 0 Å². The summed E-state index contributed by atoms with van der Waals surface area (Å²) in [6.45, 7) is 7.49. The maximum absolute atomic E-state index is 6.00. The molecule has 1 aromatic carbocycles. The number of nitrogens with zero attached hydrogens (tertiary/aromatic N) is 3. The van der Waals surface area contributed by atoms with Crippen LogP contribution in [0.2, 0.25) is 0 Å². The lowest BCUT2D eigenvalue weighted by atomic mass is 10.1. The Balaban J connectivity index is 2.18. The Labute approximate surface area is 133 Å². The van der Waals surface area contributed by atoms with Crippen molar-refractivity contribution < 1.29 is 4.74 Å². The third-order valence-electron chi connectivity index (χ3n) is 3.17. The summed E-state index contributed by atoms with van der Waals surface area (Å²) in [6.07, 6.45) is 1.54. The molecule has 5 nitrogen and oxygen atoms in total. The van der Waals surface area contributed by atoms with E-state index in [0.29, 0.717) is 12.6 Å². The van der Waals surface area contributed by atoms with Crippen molar-refractivity contribution in [3.8, 4) is 5.75 Å². The minimum absolute atomic E-state index is 0.410. The van der Waals surface area contributed by atoms with Gasteiger partial charge in [-0.15, -0.1) is 0 Å². The molecule has 114 valence electrons. The number of hydrogen-bond donors (Lipinski definition) is 1. The van der Waals surface area contributed by atoms with Crippen molar-refractivity contribution in [3.63, 3.8) is 0 Å². The number of nitrogens with one attached hydrogen (secondary N) is 1. The summed E-state index contributed by atoms with van der Waals surface area (Å²) in [5.41, 5.74) is 2.24. The molecule has 2 rings (SSSR count). The van der Waals surface area contributed by atoms with Crippen LogP contribution < -0.4 is 10.1 Å². The zero-order chi connectivity index (χ0) is 15.4. The van der Waals surface area contributed by atoms with Crippen LogP contribution in [0.1, 0.15) is 30.8 Å². The van der Waals surface area contributed by atoms with Crippen LogP contribution in [0.15, 0.2) is 22.9 Å². The van der Waals surface area contributed by atoms with E-state index in [-0.39, 0.29) is 0 Å². The highest BCUT2D eigenvalue weighted by Gasteiger charge is 2.11. The third kappa shape index (κ3) is 4.28. The monoisotopic (exact) mass is 352 g/mol. The average molecular weight is 353 g/mol. The zero-order valence-electron chi connectivity index (χ0n) is 12.9. The number of aromatic nitrogens is 3. The van der Waals surface area contributed by atoms with Crippen molar-refractivity contribution >= 4 is 15.9 Å². The van der Waals surface area contributed by atoms with Crippen molar-refractivity contribution in [2.75, 3.05) is 0 Å². The molecule has 0 fully saturated rings. The number of halogens is 1. The van der Waals surface area contributed by atoms with Gasteiger partial charge in [-0.05, 0) is 24.6 Å². The average Bonchev–Trinajstić information content (AvgIpc) is 2.80. The summed E-state index contributed by atoms with van der Waals surface area (Å²) in [5.74, 6) is 1.72. The van der Waals surface area contributed by atoms with E-state index in [1.807, 2.05) is 7.05 Å². The van der Waals surface area contributed by atoms with Crippen LogP contribution in [0.4, 0.5) is 0 Å². The molecule has 0 unspecified atom stereocenters. The first-order chi connectivity index (χ1) is 9.97. The highest BCUT2D eigenvalue weighted by atomic mass is 79.9. The number of hydrogen-bond acceptors (Lipinski definition) is 4. The van der Waals surface area contributed by atoms with E-state index in [4.69, 9.17) is 4.74 Å². The number of ether oxygens (including phenoxy) is 1. The van der Waals surface area contributed by atoms with Crippen LogP contribution in [0, 0.1) is 6.92 Å². The molecule has 0 atom stereocenters. The van der Waals surface area contributed by atoms with Crippen molar-refractivity contribution in [3.05, 3.63) is 39.9 Å². The SMILES string of the molecule is Cc1cc(Br)cc(CNC(C)C)c1OCc1ncnn1C. The van der Waals surface area contributed by atoms with Gasteiger partial charge in [-0.2, -0.15) is 5.10 Å². The largest absolute Gasteiger partial charge is 0.485 e. The summed E-state index contributed by atoms with van der Waals surface area (Å²) in [4.78, 5) is 4.18. The normalized spacial score (nSPS) is 11.1. The maximum Gasteiger partial charge on any atom is 0.164 e. The van der Waals surface area contributed by atoms with Gasteiger partial charge in [0.1, 0.15) is 18.7 Å². The van der Waals surface area contributed by atoms with Gasteiger partial charge in [-0.1, -0.05) is 29.8 Å². The minimum Gasteiger partial charge on any atom is -0.485 e. The first-order valence-electron chi connectivity index (χ1n) is 6.95. The molecule has 6 heteroatoms. The van der Waals surface area contributed by atoms with Crippen LogP contribution in [-0.2, 0) is 20.2 Å². The first kappa shape index (κ1) is 16.0. The molecule has 0 aliphatic heterocycles. The molecular weight excluding hydrogens is 332 g/mol. The Kier molecular flexibility index (Phi) is 5.36. The molecule has 1 N–H and O–H groups in total. The van der Waals surface area contributed by atoms with Gasteiger partial charge in [0.25, 0.3) is 0 Å². The molecule has 0 bridgehead atoms. The van der Waals surface area contributed by atoms with E-state index < -0.39 is 0 Å². The Morgan fingerprint density at radius 1 is 1.38 bits per heavy atom. The Morgan fingerprint density at radius 3 is 2.76 bits per heavy atom. The lowest BCUT2D eigenvalue weighted by molar-refractivity contribution is 0.284. The Morgan fingerprint density at radius 2 is 2.14 bits per heavy atom. The fourth-order valence-corrected chi connectivity index (χ4v) is 2.66. The van der Waals surface area contributed by atoms with Gasteiger partial charge in [0.15, 0.2) is 5.82 Å². The van der Waals surface area contributed by atoms with Crippen LogP contribution in [-0.4, -0.2) is 20.8 Å². The highest BCUT2D eigenvalue weighted by molar-refractivity contribution is 9.10. The van der Waals surface area contributed by atoms with Gasteiger partial charge < -0.3 is 10.1 Å². The molecule has 0 aliphatic carbocycles. The molecule has 0 saturated heterocycles. The van der Waals surface area contributed by atoms with Crippen molar-refractivity contribution in [2.24, 2.45) is 7.05 Å². The topological polar surface area (TPSA) is 52.0 Å². The predicted octanol–water partition coefficient (Wildman–Crippen LogP) is 2.96. The fourth-order valence-electron chi connectivity index (χ4n) is 2.04. The molecule has 0 aliphatic rings. The molecule has 0 saturated carbocycles. The molecule has 0 spiro atoms. The molecule has 0 radical (unpaired) electrons. The Hall–Kier alpha value is -1.40. The van der Waals surface area contributed by atoms with E-state index in [2.05, 4.69) is 64.2 Å². The third-order valence-corrected chi connectivity index (χ3v) is 3.63. The smallest absolute Gasteiger partial charge is 0.164 e. The predicted molar refractivity (Wildman–Crippen MR) is 86.2 cm³/mol. The van der Waals surface area contributed by atoms with Crippen LogP contribution >= 0.6 is 15.9 Å². The molecule has 1 heterocycles. The first-order valence-corrected chi connectivity index (χ1v) is 7.74. The number of aryl methyl sites for hydroxylation is 2. The maximum atomic E-state index is 6.00. The van der Waals surface area contributed by atoms with Gasteiger partial charge in [-0.25, -0.2) is 4.98 Å². The molecule has 21 heavy (non-hydrogen) atoms. The lowest BCUT2D eigenvalue weighted by Gasteiger charge is -2.16. The summed E-state index contributed by atoms with van der Waals surface area (Å²) < 4.78 is 8.78. The number of benzene rings is 1. The van der Waals surface area contributed by atoms with Crippen LogP contribution in [0.25, 0.3) is 0 Å². The van der Waals surface area contributed by atoms with Crippen LogP contribution in [0.5, 0.6) is 5.75 Å². The lowest BCUT2D eigenvalue weighted by Crippen LogP contribution is -2.22. The van der Waals surface area contributed by atoms with Crippen LogP contribution in [0.3, 0.4) is 0 Å². The number of rotatable bonds is 6. The van der Waals surface area contributed by atoms with Gasteiger partial charge in [0.2, 0.25) is 0 Å². The second kappa shape index (κ2) is 7.04. The van der Waals surface area contributed by atoms with Gasteiger partial charge in [-0.3, -0.25) is 4.68 Å². The van der Waals surface area contributed by atoms with Crippen molar-refractivity contribution in [2.45, 2.75) is 40.0 Å². The van der Waals surface area contributed by atoms with E-state index in [0.717, 1.165) is 33.7 Å². The second-order valence-electron chi connectivity index (χ2n) is 5.34. The highest BCUT2D eigenvalue weighted by Crippen LogP contribution is 2.28. The van der Waals surface area contributed by atoms with Crippen molar-refractivity contribution in [1.29, 1.82) is 0 Å².